The Labute approximate surface area is 101 Å². The van der Waals surface area contributed by atoms with Crippen molar-refractivity contribution in [1.29, 1.82) is 5.26 Å². The highest BCUT2D eigenvalue weighted by atomic mass is 35.5. The maximum absolute atomic E-state index is 11.3. The Bertz CT molecular complexity index is 548. The van der Waals surface area contributed by atoms with Gasteiger partial charge in [-0.15, -0.1) is 11.6 Å². The number of ketones is 1. The van der Waals surface area contributed by atoms with Crippen molar-refractivity contribution in [1.82, 2.24) is 0 Å². The van der Waals surface area contributed by atoms with Gasteiger partial charge in [0.05, 0.1) is 16.4 Å². The zero-order valence-corrected chi connectivity index (χ0v) is 9.10. The Kier molecular flexibility index (Phi) is 3.91. The van der Waals surface area contributed by atoms with Gasteiger partial charge in [0.2, 0.25) is 0 Å². The van der Waals surface area contributed by atoms with Crippen molar-refractivity contribution in [2.24, 2.45) is 0 Å². The topological polar surface area (TPSA) is 101 Å². The molecule has 0 saturated carbocycles. The number of nitro benzene ring substituents is 1. The molecule has 86 valence electrons. The van der Waals surface area contributed by atoms with Crippen LogP contribution < -0.4 is 0 Å². The van der Waals surface area contributed by atoms with Gasteiger partial charge in [0, 0.05) is 5.56 Å². The van der Waals surface area contributed by atoms with E-state index in [9.17, 15) is 19.7 Å². The molecular formula is C10H5ClN2O4. The van der Waals surface area contributed by atoms with E-state index in [4.69, 9.17) is 16.9 Å². The monoisotopic (exact) mass is 252 g/mol. The standard InChI is InChI=1S/C10H5ClN2O4/c11-3-9(15)6-1-7(4-12)10(13(16)17)8(2-6)5-14/h1-2,5H,3H2. The van der Waals surface area contributed by atoms with Gasteiger partial charge in [0.15, 0.2) is 12.1 Å². The molecular weight excluding hydrogens is 248 g/mol. The third kappa shape index (κ3) is 2.46. The summed E-state index contributed by atoms with van der Waals surface area (Å²) in [6, 6.07) is 3.68. The molecule has 1 aromatic carbocycles. The number of halogens is 1. The van der Waals surface area contributed by atoms with Gasteiger partial charge in [-0.3, -0.25) is 19.7 Å². The van der Waals surface area contributed by atoms with E-state index in [1.54, 1.807) is 6.07 Å². The summed E-state index contributed by atoms with van der Waals surface area (Å²) in [7, 11) is 0. The van der Waals surface area contributed by atoms with Gasteiger partial charge >= 0.3 is 0 Å². The molecule has 0 amide bonds. The molecule has 0 aromatic heterocycles. The van der Waals surface area contributed by atoms with Crippen molar-refractivity contribution in [3.05, 3.63) is 38.9 Å². The fraction of sp³-hybridized carbons (Fsp3) is 0.100. The van der Waals surface area contributed by atoms with Gasteiger partial charge in [-0.25, -0.2) is 0 Å². The molecule has 0 aliphatic rings. The SMILES string of the molecule is N#Cc1cc(C(=O)CCl)cc(C=O)c1[N+](=O)[O-]. The maximum Gasteiger partial charge on any atom is 0.297 e. The lowest BCUT2D eigenvalue weighted by Gasteiger charge is -2.02. The number of aldehydes is 1. The van der Waals surface area contributed by atoms with Crippen LogP contribution in [-0.4, -0.2) is 22.9 Å². The fourth-order valence-corrected chi connectivity index (χ4v) is 1.43. The Morgan fingerprint density at radius 1 is 1.59 bits per heavy atom. The highest BCUT2D eigenvalue weighted by Gasteiger charge is 2.22. The molecule has 7 heteroatoms. The number of Topliss-reactive ketones (excluding diaryl/α,β-unsaturated/α-hetero) is 1. The van der Waals surface area contributed by atoms with Crippen LogP contribution in [0.3, 0.4) is 0 Å². The van der Waals surface area contributed by atoms with Crippen LogP contribution in [0.4, 0.5) is 5.69 Å². The molecule has 0 N–H and O–H groups in total. The van der Waals surface area contributed by atoms with Crippen LogP contribution >= 0.6 is 11.6 Å². The highest BCUT2D eigenvalue weighted by Crippen LogP contribution is 2.24. The van der Waals surface area contributed by atoms with Crippen LogP contribution in [0.5, 0.6) is 0 Å². The Hall–Kier alpha value is -2.26. The Morgan fingerprint density at radius 3 is 2.65 bits per heavy atom. The maximum atomic E-state index is 11.3. The van der Waals surface area contributed by atoms with Crippen LogP contribution in [0, 0.1) is 21.4 Å². The first-order chi connectivity index (χ1) is 8.04. The Morgan fingerprint density at radius 2 is 2.24 bits per heavy atom. The highest BCUT2D eigenvalue weighted by molar-refractivity contribution is 6.30. The molecule has 1 rings (SSSR count). The van der Waals surface area contributed by atoms with Gasteiger partial charge in [-0.05, 0) is 12.1 Å². The molecule has 0 saturated heterocycles. The molecule has 0 spiro atoms. The Balaban J connectivity index is 3.57. The third-order valence-electron chi connectivity index (χ3n) is 2.01. The zero-order valence-electron chi connectivity index (χ0n) is 8.34. The summed E-state index contributed by atoms with van der Waals surface area (Å²) >= 11 is 5.33. The molecule has 6 nitrogen and oxygen atoms in total. The van der Waals surface area contributed by atoms with Crippen molar-refractivity contribution in [2.45, 2.75) is 0 Å². The molecule has 0 atom stereocenters. The van der Waals surface area contributed by atoms with E-state index >= 15 is 0 Å². The predicted molar refractivity (Wildman–Crippen MR) is 58.2 cm³/mol. The van der Waals surface area contributed by atoms with Crippen LogP contribution in [0.25, 0.3) is 0 Å². The molecule has 0 fully saturated rings. The molecule has 0 aliphatic carbocycles. The van der Waals surface area contributed by atoms with Crippen LogP contribution in [0.2, 0.25) is 0 Å². The lowest BCUT2D eigenvalue weighted by Crippen LogP contribution is -2.05. The molecule has 17 heavy (non-hydrogen) atoms. The second-order valence-electron chi connectivity index (χ2n) is 3.01. The summed E-state index contributed by atoms with van der Waals surface area (Å²) in [6.07, 6.45) is 0.226. The smallest absolute Gasteiger partial charge is 0.297 e. The van der Waals surface area contributed by atoms with E-state index in [0.29, 0.717) is 0 Å². The lowest BCUT2D eigenvalue weighted by atomic mass is 10.0. The predicted octanol–water partition coefficient (Wildman–Crippen LogP) is 1.70. The first kappa shape index (κ1) is 12.8. The van der Waals surface area contributed by atoms with E-state index in [1.165, 1.54) is 0 Å². The number of carbonyl (C=O) groups is 2. The second-order valence-corrected chi connectivity index (χ2v) is 3.27. The molecule has 0 unspecified atom stereocenters. The first-order valence-electron chi connectivity index (χ1n) is 4.32. The van der Waals surface area contributed by atoms with Crippen molar-refractivity contribution in [3.63, 3.8) is 0 Å². The minimum absolute atomic E-state index is 0.00394. The van der Waals surface area contributed by atoms with Gasteiger partial charge in [-0.2, -0.15) is 5.26 Å². The quantitative estimate of drug-likeness (QED) is 0.267. The minimum atomic E-state index is -0.836. The number of alkyl halides is 1. The summed E-state index contributed by atoms with van der Waals surface area (Å²) in [4.78, 5) is 31.9. The number of hydrogen-bond donors (Lipinski definition) is 0. The van der Waals surface area contributed by atoms with E-state index < -0.39 is 16.4 Å². The minimum Gasteiger partial charge on any atom is -0.298 e. The van der Waals surface area contributed by atoms with E-state index in [2.05, 4.69) is 0 Å². The number of nitrogens with zero attached hydrogens (tertiary/aromatic N) is 2. The zero-order chi connectivity index (χ0) is 13.0. The van der Waals surface area contributed by atoms with Gasteiger partial charge in [-0.1, -0.05) is 0 Å². The van der Waals surface area contributed by atoms with Crippen LogP contribution in [0.15, 0.2) is 12.1 Å². The fourth-order valence-electron chi connectivity index (χ4n) is 1.27. The number of nitro groups is 1. The summed E-state index contributed by atoms with van der Waals surface area (Å²) < 4.78 is 0. The summed E-state index contributed by atoms with van der Waals surface area (Å²) in [6.45, 7) is 0. The van der Waals surface area contributed by atoms with Crippen molar-refractivity contribution in [3.8, 4) is 6.07 Å². The number of rotatable bonds is 4. The molecule has 0 heterocycles. The van der Waals surface area contributed by atoms with Crippen molar-refractivity contribution in [2.75, 3.05) is 5.88 Å². The summed E-state index contributed by atoms with van der Waals surface area (Å²) in [5.74, 6) is -0.845. The molecule has 1 aromatic rings. The normalized spacial score (nSPS) is 9.41. The van der Waals surface area contributed by atoms with Gasteiger partial charge in [0.25, 0.3) is 5.69 Å². The van der Waals surface area contributed by atoms with E-state index in [-0.39, 0.29) is 28.9 Å². The van der Waals surface area contributed by atoms with Gasteiger partial charge < -0.3 is 0 Å². The van der Waals surface area contributed by atoms with Crippen LogP contribution in [-0.2, 0) is 0 Å². The largest absolute Gasteiger partial charge is 0.298 e. The lowest BCUT2D eigenvalue weighted by molar-refractivity contribution is -0.385. The van der Waals surface area contributed by atoms with E-state index in [0.717, 1.165) is 12.1 Å². The van der Waals surface area contributed by atoms with Crippen molar-refractivity contribution < 1.29 is 14.5 Å². The molecule has 0 bridgehead atoms. The molecule has 0 radical (unpaired) electrons. The average Bonchev–Trinajstić information content (AvgIpc) is 2.35. The van der Waals surface area contributed by atoms with Gasteiger partial charge in [0.1, 0.15) is 11.6 Å². The number of benzene rings is 1. The first-order valence-corrected chi connectivity index (χ1v) is 4.85. The van der Waals surface area contributed by atoms with Crippen LogP contribution in [0.1, 0.15) is 26.3 Å². The van der Waals surface area contributed by atoms with Crippen molar-refractivity contribution >= 4 is 29.4 Å². The summed E-state index contributed by atoms with van der Waals surface area (Å²) in [5.41, 5.74) is -1.26. The number of hydrogen-bond acceptors (Lipinski definition) is 5. The third-order valence-corrected chi connectivity index (χ3v) is 2.26. The second kappa shape index (κ2) is 5.18. The average molecular weight is 253 g/mol. The summed E-state index contributed by atoms with van der Waals surface area (Å²) in [5, 5.41) is 19.4. The van der Waals surface area contributed by atoms with E-state index in [1.807, 2.05) is 0 Å². The number of nitriles is 1. The number of carbonyl (C=O) groups excluding carboxylic acids is 2. The molecule has 0 aliphatic heterocycles.